The Morgan fingerprint density at radius 1 is 1.78 bits per heavy atom. The topological polar surface area (TPSA) is 40.5 Å². The molecule has 0 aromatic heterocycles. The second-order valence-corrected chi connectivity index (χ2v) is 2.07. The molecule has 0 saturated heterocycles. The minimum atomic E-state index is -0.454. The van der Waals surface area contributed by atoms with E-state index in [4.69, 9.17) is 5.02 Å². The van der Waals surface area contributed by atoms with Crippen molar-refractivity contribution in [3.8, 4) is 0 Å². The first-order valence-electron chi connectivity index (χ1n) is 3.00. The van der Waals surface area contributed by atoms with Crippen molar-refractivity contribution in [3.63, 3.8) is 0 Å². The quantitative estimate of drug-likeness (QED) is 0.415. The van der Waals surface area contributed by atoms with Crippen LogP contribution in [-0.2, 0) is 4.79 Å². The van der Waals surface area contributed by atoms with Crippen LogP contribution in [0.4, 0.5) is 0 Å². The van der Waals surface area contributed by atoms with Gasteiger partial charge in [0.1, 0.15) is 6.29 Å². The highest BCUT2D eigenvalue weighted by Crippen LogP contribution is 1.86. The molecule has 3 nitrogen and oxygen atoms in total. The van der Waals surface area contributed by atoms with Crippen LogP contribution in [0, 0.1) is 0 Å². The number of rotatable bonds is 4. The minimum absolute atomic E-state index is 0.454. The Hall–Kier alpha value is -0.345. The van der Waals surface area contributed by atoms with E-state index in [1.807, 2.05) is 0 Å². The van der Waals surface area contributed by atoms with E-state index in [1.54, 1.807) is 18.7 Å². The molecule has 0 aliphatic heterocycles. The van der Waals surface area contributed by atoms with Crippen LogP contribution < -0.4 is 0 Å². The Morgan fingerprint density at radius 2 is 2.33 bits per heavy atom. The highest BCUT2D eigenvalue weighted by molar-refractivity contribution is 6.45. The highest BCUT2D eigenvalue weighted by atomic mass is 16.2. The van der Waals surface area contributed by atoms with Crippen molar-refractivity contribution >= 4 is 13.3 Å². The van der Waals surface area contributed by atoms with Gasteiger partial charge in [-0.05, 0) is 20.4 Å². The van der Waals surface area contributed by atoms with Crippen LogP contribution in [0.15, 0.2) is 0 Å². The van der Waals surface area contributed by atoms with Crippen molar-refractivity contribution in [2.75, 3.05) is 13.6 Å². The van der Waals surface area contributed by atoms with Gasteiger partial charge in [-0.15, -0.1) is 0 Å². The summed E-state index contributed by atoms with van der Waals surface area (Å²) < 4.78 is 0. The molecule has 52 valence electrons. The first-order chi connectivity index (χ1) is 4.18. The lowest BCUT2D eigenvalue weighted by molar-refractivity contribution is -0.107. The van der Waals surface area contributed by atoms with E-state index in [0.29, 0.717) is 13.0 Å². The second-order valence-electron chi connectivity index (χ2n) is 2.07. The third-order valence-electron chi connectivity index (χ3n) is 1.24. The van der Waals surface area contributed by atoms with Gasteiger partial charge >= 0.3 is 7.05 Å². The summed E-state index contributed by atoms with van der Waals surface area (Å²) in [4.78, 5) is 11.5. The third-order valence-corrected chi connectivity index (χ3v) is 1.24. The standard InChI is InChI=1S/C5H12BNO2/c1-6(9)7(2)4-3-5-8/h5,9H,3-4H2,1-2H3. The van der Waals surface area contributed by atoms with Crippen LogP contribution >= 0.6 is 0 Å². The Morgan fingerprint density at radius 3 is 2.67 bits per heavy atom. The lowest BCUT2D eigenvalue weighted by Crippen LogP contribution is -2.34. The molecule has 0 atom stereocenters. The fourth-order valence-electron chi connectivity index (χ4n) is 0.443. The van der Waals surface area contributed by atoms with Gasteiger partial charge in [-0.2, -0.15) is 0 Å². The fourth-order valence-corrected chi connectivity index (χ4v) is 0.443. The molecule has 0 saturated carbocycles. The maximum atomic E-state index is 9.82. The molecule has 4 heteroatoms. The molecule has 0 aromatic rings. The molecule has 0 bridgehead atoms. The molecule has 0 aliphatic rings. The summed E-state index contributed by atoms with van der Waals surface area (Å²) in [5.41, 5.74) is 0. The summed E-state index contributed by atoms with van der Waals surface area (Å²) >= 11 is 0. The first kappa shape index (κ1) is 8.65. The molecular formula is C5H12BNO2. The summed E-state index contributed by atoms with van der Waals surface area (Å²) in [6, 6.07) is 0. The van der Waals surface area contributed by atoms with Crippen LogP contribution in [0.25, 0.3) is 0 Å². The molecule has 0 heterocycles. The highest BCUT2D eigenvalue weighted by Gasteiger charge is 2.08. The Bertz CT molecular complexity index is 87.0. The normalized spacial score (nSPS) is 9.78. The lowest BCUT2D eigenvalue weighted by atomic mass is 9.86. The van der Waals surface area contributed by atoms with Crippen LogP contribution in [0.3, 0.4) is 0 Å². The average Bonchev–Trinajstić information content (AvgIpc) is 1.82. The number of nitrogens with zero attached hydrogens (tertiary/aromatic N) is 1. The van der Waals surface area contributed by atoms with Crippen LogP contribution in [0.2, 0.25) is 6.82 Å². The maximum Gasteiger partial charge on any atom is 0.376 e. The predicted octanol–water partition coefficient (Wildman–Crippen LogP) is -0.383. The number of aldehydes is 1. The van der Waals surface area contributed by atoms with E-state index in [-0.39, 0.29) is 0 Å². The zero-order chi connectivity index (χ0) is 7.28. The van der Waals surface area contributed by atoms with E-state index in [0.717, 1.165) is 6.29 Å². The molecule has 0 radical (unpaired) electrons. The molecular weight excluding hydrogens is 117 g/mol. The molecule has 9 heavy (non-hydrogen) atoms. The van der Waals surface area contributed by atoms with E-state index in [1.165, 1.54) is 0 Å². The number of carbonyl (C=O) groups excluding carboxylic acids is 1. The summed E-state index contributed by atoms with van der Waals surface area (Å²) in [5.74, 6) is 0. The van der Waals surface area contributed by atoms with Gasteiger partial charge in [0.15, 0.2) is 0 Å². The predicted molar refractivity (Wildman–Crippen MR) is 37.1 cm³/mol. The van der Waals surface area contributed by atoms with Gasteiger partial charge in [-0.1, -0.05) is 0 Å². The van der Waals surface area contributed by atoms with Gasteiger partial charge in [0.25, 0.3) is 0 Å². The summed E-state index contributed by atoms with van der Waals surface area (Å²) in [5, 5.41) is 8.86. The number of hydrogen-bond acceptors (Lipinski definition) is 3. The van der Waals surface area contributed by atoms with Crippen molar-refractivity contribution in [3.05, 3.63) is 0 Å². The summed E-state index contributed by atoms with van der Waals surface area (Å²) in [7, 11) is 1.32. The number of carbonyl (C=O) groups is 1. The Labute approximate surface area is 55.8 Å². The van der Waals surface area contributed by atoms with Crippen molar-refractivity contribution in [2.24, 2.45) is 0 Å². The van der Waals surface area contributed by atoms with Crippen molar-refractivity contribution in [1.82, 2.24) is 4.81 Å². The van der Waals surface area contributed by atoms with Gasteiger partial charge < -0.3 is 14.6 Å². The molecule has 1 N–H and O–H groups in total. The molecule has 0 amide bonds. The van der Waals surface area contributed by atoms with Crippen LogP contribution in [0.1, 0.15) is 6.42 Å². The van der Waals surface area contributed by atoms with Crippen molar-refractivity contribution in [1.29, 1.82) is 0 Å². The molecule has 0 spiro atoms. The van der Waals surface area contributed by atoms with Crippen LogP contribution in [-0.4, -0.2) is 36.8 Å². The van der Waals surface area contributed by atoms with E-state index >= 15 is 0 Å². The van der Waals surface area contributed by atoms with Crippen molar-refractivity contribution < 1.29 is 9.82 Å². The van der Waals surface area contributed by atoms with E-state index < -0.39 is 7.05 Å². The van der Waals surface area contributed by atoms with Gasteiger partial charge in [0, 0.05) is 6.42 Å². The van der Waals surface area contributed by atoms with Gasteiger partial charge in [-0.25, -0.2) is 0 Å². The largest absolute Gasteiger partial charge is 0.437 e. The summed E-state index contributed by atoms with van der Waals surface area (Å²) in [6.07, 6.45) is 1.33. The third kappa shape index (κ3) is 4.18. The van der Waals surface area contributed by atoms with Gasteiger partial charge in [-0.3, -0.25) is 0 Å². The molecule has 0 fully saturated rings. The zero-order valence-electron chi connectivity index (χ0n) is 5.87. The van der Waals surface area contributed by atoms with E-state index in [2.05, 4.69) is 0 Å². The van der Waals surface area contributed by atoms with Crippen LogP contribution in [0.5, 0.6) is 0 Å². The SMILES string of the molecule is CB(O)N(C)CCC=O. The molecule has 0 aliphatic carbocycles. The molecule has 0 unspecified atom stereocenters. The monoisotopic (exact) mass is 129 g/mol. The maximum absolute atomic E-state index is 9.82. The fraction of sp³-hybridized carbons (Fsp3) is 0.800. The zero-order valence-corrected chi connectivity index (χ0v) is 5.87. The van der Waals surface area contributed by atoms with Crippen molar-refractivity contribution in [2.45, 2.75) is 13.2 Å². The minimum Gasteiger partial charge on any atom is -0.437 e. The second kappa shape index (κ2) is 4.53. The average molecular weight is 129 g/mol. The lowest BCUT2D eigenvalue weighted by Gasteiger charge is -2.14. The number of hydrogen-bond donors (Lipinski definition) is 1. The Balaban J connectivity index is 3.26. The summed E-state index contributed by atoms with van der Waals surface area (Å²) in [6.45, 7) is 2.30. The molecule has 0 rings (SSSR count). The molecule has 0 aromatic carbocycles. The first-order valence-corrected chi connectivity index (χ1v) is 3.00. The van der Waals surface area contributed by atoms with E-state index in [9.17, 15) is 4.79 Å². The smallest absolute Gasteiger partial charge is 0.376 e. The van der Waals surface area contributed by atoms with Gasteiger partial charge in [0.05, 0.1) is 0 Å². The Kier molecular flexibility index (Phi) is 4.35. The van der Waals surface area contributed by atoms with Gasteiger partial charge in [0.2, 0.25) is 0 Å².